The molecule has 4 nitrogen and oxygen atoms in total. The van der Waals surface area contributed by atoms with E-state index in [9.17, 15) is 23.1 Å². The number of alkyl halides is 3. The lowest BCUT2D eigenvalue weighted by molar-refractivity contribution is -0.137. The van der Waals surface area contributed by atoms with E-state index in [-0.39, 0.29) is 22.7 Å². The maximum absolute atomic E-state index is 13.1. The largest absolute Gasteiger partial charge is 0.507 e. The minimum absolute atomic E-state index is 0.0142. The van der Waals surface area contributed by atoms with Crippen LogP contribution in [0.5, 0.6) is 5.75 Å². The van der Waals surface area contributed by atoms with E-state index in [1.54, 1.807) is 10.6 Å². The van der Waals surface area contributed by atoms with Crippen LogP contribution in [0, 0.1) is 0 Å². The van der Waals surface area contributed by atoms with Gasteiger partial charge in [-0.3, -0.25) is 4.79 Å². The standard InChI is InChI=1S/C20H21F3N2O2/c21-20(22,23)14-5-6-16(18(26)9-14)17-8-13(12-3-4-12)11-25(19(17)27)15-2-1-7-24-10-15/h5-6,8-9,11-12,15,24,26H,1-4,7,10H2. The highest BCUT2D eigenvalue weighted by Gasteiger charge is 2.32. The van der Waals surface area contributed by atoms with E-state index in [2.05, 4.69) is 5.32 Å². The minimum atomic E-state index is -4.54. The highest BCUT2D eigenvalue weighted by Crippen LogP contribution is 2.42. The van der Waals surface area contributed by atoms with Gasteiger partial charge in [0.05, 0.1) is 11.1 Å². The first-order valence-corrected chi connectivity index (χ1v) is 9.22. The molecule has 1 saturated carbocycles. The summed E-state index contributed by atoms with van der Waals surface area (Å²) in [6.07, 6.45) is 1.27. The first-order chi connectivity index (χ1) is 12.8. The Bertz CT molecular complexity index is 910. The lowest BCUT2D eigenvalue weighted by atomic mass is 9.99. The third kappa shape index (κ3) is 3.60. The molecule has 7 heteroatoms. The second kappa shape index (κ2) is 6.71. The normalized spacial score (nSPS) is 20.6. The van der Waals surface area contributed by atoms with Crippen LogP contribution in [0.15, 0.2) is 35.3 Å². The van der Waals surface area contributed by atoms with Crippen molar-refractivity contribution in [2.24, 2.45) is 0 Å². The summed E-state index contributed by atoms with van der Waals surface area (Å²) in [6, 6.07) is 4.53. The summed E-state index contributed by atoms with van der Waals surface area (Å²) in [6.45, 7) is 1.60. The van der Waals surface area contributed by atoms with Crippen molar-refractivity contribution in [2.75, 3.05) is 13.1 Å². The minimum Gasteiger partial charge on any atom is -0.507 e. The maximum atomic E-state index is 13.1. The monoisotopic (exact) mass is 378 g/mol. The molecule has 144 valence electrons. The van der Waals surface area contributed by atoms with E-state index >= 15 is 0 Å². The number of hydrogen-bond acceptors (Lipinski definition) is 3. The molecule has 0 amide bonds. The first kappa shape index (κ1) is 18.1. The van der Waals surface area contributed by atoms with Crippen LogP contribution in [0.4, 0.5) is 13.2 Å². The van der Waals surface area contributed by atoms with Crippen LogP contribution in [0.25, 0.3) is 11.1 Å². The van der Waals surface area contributed by atoms with E-state index in [4.69, 9.17) is 0 Å². The Labute approximate surface area is 154 Å². The maximum Gasteiger partial charge on any atom is 0.416 e. The van der Waals surface area contributed by atoms with Crippen molar-refractivity contribution in [3.05, 3.63) is 51.9 Å². The van der Waals surface area contributed by atoms with Crippen LogP contribution in [-0.4, -0.2) is 22.8 Å². The summed E-state index contributed by atoms with van der Waals surface area (Å²) in [7, 11) is 0. The lowest BCUT2D eigenvalue weighted by Crippen LogP contribution is -2.37. The number of piperidine rings is 1. The predicted molar refractivity (Wildman–Crippen MR) is 95.9 cm³/mol. The molecule has 1 unspecified atom stereocenters. The van der Waals surface area contributed by atoms with E-state index in [0.29, 0.717) is 18.5 Å². The van der Waals surface area contributed by atoms with Crippen molar-refractivity contribution >= 4 is 0 Å². The summed E-state index contributed by atoms with van der Waals surface area (Å²) >= 11 is 0. The Morgan fingerprint density at radius 2 is 1.89 bits per heavy atom. The molecule has 2 aromatic rings. The molecule has 1 aromatic carbocycles. The van der Waals surface area contributed by atoms with Crippen molar-refractivity contribution < 1.29 is 18.3 Å². The summed E-state index contributed by atoms with van der Waals surface area (Å²) in [4.78, 5) is 13.1. The van der Waals surface area contributed by atoms with Gasteiger partial charge < -0.3 is 15.0 Å². The van der Waals surface area contributed by atoms with Crippen molar-refractivity contribution in [3.63, 3.8) is 0 Å². The molecule has 1 aliphatic heterocycles. The summed E-state index contributed by atoms with van der Waals surface area (Å²) in [5.41, 5.74) is 0.209. The van der Waals surface area contributed by atoms with E-state index in [1.807, 2.05) is 6.20 Å². The number of phenolic OH excluding ortho intramolecular Hbond substituents is 1. The highest BCUT2D eigenvalue weighted by atomic mass is 19.4. The molecule has 2 aliphatic rings. The van der Waals surface area contributed by atoms with Crippen molar-refractivity contribution in [1.29, 1.82) is 0 Å². The number of halogens is 3. The molecule has 0 spiro atoms. The fraction of sp³-hybridized carbons (Fsp3) is 0.450. The van der Waals surface area contributed by atoms with Crippen LogP contribution in [0.1, 0.15) is 48.8 Å². The zero-order valence-electron chi connectivity index (χ0n) is 14.7. The number of aromatic hydroxyl groups is 1. The van der Waals surface area contributed by atoms with Crippen LogP contribution >= 0.6 is 0 Å². The van der Waals surface area contributed by atoms with E-state index in [1.165, 1.54) is 6.07 Å². The van der Waals surface area contributed by atoms with Crippen LogP contribution in [-0.2, 0) is 6.18 Å². The zero-order valence-corrected chi connectivity index (χ0v) is 14.7. The van der Waals surface area contributed by atoms with Crippen molar-refractivity contribution in [3.8, 4) is 16.9 Å². The van der Waals surface area contributed by atoms with Gasteiger partial charge in [0.25, 0.3) is 5.56 Å². The average molecular weight is 378 g/mol. The van der Waals surface area contributed by atoms with Gasteiger partial charge in [0.1, 0.15) is 5.75 Å². The van der Waals surface area contributed by atoms with Crippen LogP contribution in [0.3, 0.4) is 0 Å². The number of rotatable bonds is 3. The van der Waals surface area contributed by atoms with Gasteiger partial charge in [0.2, 0.25) is 0 Å². The SMILES string of the molecule is O=c1c(-c2ccc(C(F)(F)F)cc2O)cc(C2CC2)cn1C1CCCNC1. The van der Waals surface area contributed by atoms with Gasteiger partial charge in [-0.1, -0.05) is 0 Å². The molecule has 27 heavy (non-hydrogen) atoms. The number of nitrogens with zero attached hydrogens (tertiary/aromatic N) is 1. The quantitative estimate of drug-likeness (QED) is 0.848. The van der Waals surface area contributed by atoms with Crippen molar-refractivity contribution in [1.82, 2.24) is 9.88 Å². The molecular weight excluding hydrogens is 357 g/mol. The van der Waals surface area contributed by atoms with Gasteiger partial charge in [-0.05, 0) is 68.0 Å². The molecule has 2 fully saturated rings. The molecule has 1 atom stereocenters. The smallest absolute Gasteiger partial charge is 0.416 e. The summed E-state index contributed by atoms with van der Waals surface area (Å²) in [5.74, 6) is -0.146. The predicted octanol–water partition coefficient (Wildman–Crippen LogP) is 4.04. The summed E-state index contributed by atoms with van der Waals surface area (Å²) < 4.78 is 40.3. The van der Waals surface area contributed by atoms with Gasteiger partial charge >= 0.3 is 6.18 Å². The average Bonchev–Trinajstić information content (AvgIpc) is 3.47. The molecule has 4 rings (SSSR count). The third-order valence-corrected chi connectivity index (χ3v) is 5.39. The topological polar surface area (TPSA) is 54.3 Å². The fourth-order valence-corrected chi connectivity index (χ4v) is 3.73. The molecule has 1 aliphatic carbocycles. The Morgan fingerprint density at radius 3 is 2.48 bits per heavy atom. The van der Waals surface area contributed by atoms with Gasteiger partial charge in [-0.15, -0.1) is 0 Å². The van der Waals surface area contributed by atoms with Gasteiger partial charge in [0, 0.05) is 24.3 Å². The molecule has 1 saturated heterocycles. The van der Waals surface area contributed by atoms with Crippen molar-refractivity contribution in [2.45, 2.75) is 43.8 Å². The number of phenols is 1. The van der Waals surface area contributed by atoms with Gasteiger partial charge in [-0.25, -0.2) is 0 Å². The second-order valence-corrected chi connectivity index (χ2v) is 7.40. The van der Waals surface area contributed by atoms with Crippen LogP contribution in [0.2, 0.25) is 0 Å². The number of nitrogens with one attached hydrogen (secondary N) is 1. The number of aromatic nitrogens is 1. The second-order valence-electron chi connectivity index (χ2n) is 7.40. The molecule has 1 aromatic heterocycles. The Kier molecular flexibility index (Phi) is 4.50. The summed E-state index contributed by atoms with van der Waals surface area (Å²) in [5, 5.41) is 13.5. The number of hydrogen-bond donors (Lipinski definition) is 2. The third-order valence-electron chi connectivity index (χ3n) is 5.39. The number of benzene rings is 1. The lowest BCUT2D eigenvalue weighted by Gasteiger charge is -2.26. The Balaban J connectivity index is 1.82. The molecule has 2 N–H and O–H groups in total. The Morgan fingerprint density at radius 1 is 1.11 bits per heavy atom. The van der Waals surface area contributed by atoms with Crippen LogP contribution < -0.4 is 10.9 Å². The molecule has 2 heterocycles. The number of pyridine rings is 1. The van der Waals surface area contributed by atoms with E-state index in [0.717, 1.165) is 43.9 Å². The van der Waals surface area contributed by atoms with Gasteiger partial charge in [0.15, 0.2) is 0 Å². The first-order valence-electron chi connectivity index (χ1n) is 9.22. The van der Waals surface area contributed by atoms with Gasteiger partial charge in [-0.2, -0.15) is 13.2 Å². The molecule has 0 bridgehead atoms. The molecular formula is C20H21F3N2O2. The zero-order chi connectivity index (χ0) is 19.2. The highest BCUT2D eigenvalue weighted by molar-refractivity contribution is 5.70. The van der Waals surface area contributed by atoms with E-state index < -0.39 is 17.5 Å². The fourth-order valence-electron chi connectivity index (χ4n) is 3.73. The molecule has 0 radical (unpaired) electrons. The Hall–Kier alpha value is -2.28.